The minimum absolute atomic E-state index is 0.101. The number of anilines is 1. The molecule has 0 aliphatic carbocycles. The van der Waals surface area contributed by atoms with Crippen molar-refractivity contribution < 1.29 is 9.53 Å². The zero-order valence-corrected chi connectivity index (χ0v) is 16.4. The molecule has 3 aromatic rings. The Morgan fingerprint density at radius 3 is 2.59 bits per heavy atom. The predicted octanol–water partition coefficient (Wildman–Crippen LogP) is 3.41. The van der Waals surface area contributed by atoms with Gasteiger partial charge in [0.2, 0.25) is 11.1 Å². The minimum atomic E-state index is -0.367. The van der Waals surface area contributed by atoms with Gasteiger partial charge in [-0.15, -0.1) is 5.10 Å². The monoisotopic (exact) mass is 383 g/mol. The number of hydrogen-bond donors (Lipinski definition) is 1. The van der Waals surface area contributed by atoms with Crippen LogP contribution in [0.1, 0.15) is 18.1 Å². The molecule has 1 amide bonds. The van der Waals surface area contributed by atoms with Gasteiger partial charge in [-0.1, -0.05) is 29.5 Å². The SMILES string of the molecule is COc1ccc(-n2nnnc2SC(C)C(=O)Nc2ccc(C)cc2C)cc1. The maximum Gasteiger partial charge on any atom is 0.237 e. The Hall–Kier alpha value is -2.87. The van der Waals surface area contributed by atoms with Crippen molar-refractivity contribution in [3.8, 4) is 11.4 Å². The first-order valence-corrected chi connectivity index (χ1v) is 9.33. The number of nitrogens with zero attached hydrogens (tertiary/aromatic N) is 4. The van der Waals surface area contributed by atoms with E-state index in [-0.39, 0.29) is 11.2 Å². The Morgan fingerprint density at radius 1 is 1.19 bits per heavy atom. The molecule has 27 heavy (non-hydrogen) atoms. The van der Waals surface area contributed by atoms with Gasteiger partial charge in [0.15, 0.2) is 0 Å². The smallest absolute Gasteiger partial charge is 0.237 e. The van der Waals surface area contributed by atoms with Crippen LogP contribution in [-0.2, 0) is 4.79 Å². The van der Waals surface area contributed by atoms with Gasteiger partial charge in [0, 0.05) is 5.69 Å². The zero-order chi connectivity index (χ0) is 19.4. The second-order valence-corrected chi connectivity index (χ2v) is 7.45. The van der Waals surface area contributed by atoms with Gasteiger partial charge in [-0.25, -0.2) is 0 Å². The van der Waals surface area contributed by atoms with Crippen LogP contribution >= 0.6 is 11.8 Å². The van der Waals surface area contributed by atoms with Crippen molar-refractivity contribution in [2.24, 2.45) is 0 Å². The molecule has 0 radical (unpaired) electrons. The maximum atomic E-state index is 12.6. The molecule has 0 fully saturated rings. The molecule has 1 heterocycles. The molecule has 1 aromatic heterocycles. The first-order chi connectivity index (χ1) is 13.0. The molecule has 7 nitrogen and oxygen atoms in total. The van der Waals surface area contributed by atoms with Gasteiger partial charge >= 0.3 is 0 Å². The predicted molar refractivity (Wildman–Crippen MR) is 106 cm³/mol. The number of hydrogen-bond acceptors (Lipinski definition) is 6. The molecular weight excluding hydrogens is 362 g/mol. The van der Waals surface area contributed by atoms with Crippen molar-refractivity contribution in [1.29, 1.82) is 0 Å². The van der Waals surface area contributed by atoms with Gasteiger partial charge in [-0.2, -0.15) is 4.68 Å². The highest BCUT2D eigenvalue weighted by molar-refractivity contribution is 8.00. The van der Waals surface area contributed by atoms with Crippen LogP contribution in [0.4, 0.5) is 5.69 Å². The van der Waals surface area contributed by atoms with Crippen LogP contribution < -0.4 is 10.1 Å². The number of rotatable bonds is 6. The van der Waals surface area contributed by atoms with Crippen molar-refractivity contribution >= 4 is 23.4 Å². The van der Waals surface area contributed by atoms with E-state index in [4.69, 9.17) is 4.74 Å². The van der Waals surface area contributed by atoms with Gasteiger partial charge in [-0.05, 0) is 67.1 Å². The van der Waals surface area contributed by atoms with Crippen LogP contribution in [0.2, 0.25) is 0 Å². The molecule has 0 saturated heterocycles. The fourth-order valence-corrected chi connectivity index (χ4v) is 3.35. The summed E-state index contributed by atoms with van der Waals surface area (Å²) in [6.07, 6.45) is 0. The first kappa shape index (κ1) is 18.9. The van der Waals surface area contributed by atoms with Gasteiger partial charge in [-0.3, -0.25) is 4.79 Å². The highest BCUT2D eigenvalue weighted by atomic mass is 32.2. The fourth-order valence-electron chi connectivity index (χ4n) is 2.54. The highest BCUT2D eigenvalue weighted by Gasteiger charge is 2.20. The number of carbonyl (C=O) groups excluding carboxylic acids is 1. The Bertz CT molecular complexity index is 940. The molecule has 0 aliphatic heterocycles. The van der Waals surface area contributed by atoms with Crippen LogP contribution in [0.15, 0.2) is 47.6 Å². The molecule has 0 spiro atoms. The van der Waals surface area contributed by atoms with Gasteiger partial charge in [0.1, 0.15) is 5.75 Å². The molecule has 0 aliphatic rings. The Morgan fingerprint density at radius 2 is 1.93 bits per heavy atom. The number of ether oxygens (including phenoxy) is 1. The number of tetrazole rings is 1. The summed E-state index contributed by atoms with van der Waals surface area (Å²) in [4.78, 5) is 12.6. The summed E-state index contributed by atoms with van der Waals surface area (Å²) in [5.74, 6) is 0.651. The van der Waals surface area contributed by atoms with E-state index < -0.39 is 0 Å². The molecule has 1 unspecified atom stereocenters. The maximum absolute atomic E-state index is 12.6. The standard InChI is InChI=1S/C19H21N5O2S/c1-12-5-10-17(13(2)11-12)20-18(25)14(3)27-19-21-22-23-24(19)15-6-8-16(26-4)9-7-15/h5-11,14H,1-4H3,(H,20,25). The number of amides is 1. The molecule has 1 N–H and O–H groups in total. The summed E-state index contributed by atoms with van der Waals surface area (Å²) in [6.45, 7) is 5.83. The number of nitrogens with one attached hydrogen (secondary N) is 1. The van der Waals surface area contributed by atoms with E-state index in [9.17, 15) is 4.79 Å². The molecule has 1 atom stereocenters. The molecule has 0 bridgehead atoms. The van der Waals surface area contributed by atoms with Gasteiger partial charge < -0.3 is 10.1 Å². The second kappa shape index (κ2) is 8.22. The molecule has 8 heteroatoms. The zero-order valence-electron chi connectivity index (χ0n) is 15.6. The van der Waals surface area contributed by atoms with Crippen LogP contribution in [0.5, 0.6) is 5.75 Å². The third-order valence-corrected chi connectivity index (χ3v) is 5.08. The van der Waals surface area contributed by atoms with Crippen molar-refractivity contribution in [3.63, 3.8) is 0 Å². The molecule has 2 aromatic carbocycles. The second-order valence-electron chi connectivity index (χ2n) is 6.14. The Kier molecular flexibility index (Phi) is 5.75. The van der Waals surface area contributed by atoms with Crippen molar-refractivity contribution in [2.45, 2.75) is 31.2 Å². The summed E-state index contributed by atoms with van der Waals surface area (Å²) < 4.78 is 6.77. The van der Waals surface area contributed by atoms with E-state index in [1.165, 1.54) is 11.8 Å². The average molecular weight is 383 g/mol. The highest BCUT2D eigenvalue weighted by Crippen LogP contribution is 2.25. The van der Waals surface area contributed by atoms with Gasteiger partial charge in [0.25, 0.3) is 0 Å². The van der Waals surface area contributed by atoms with Crippen molar-refractivity contribution in [3.05, 3.63) is 53.6 Å². The molecule has 0 saturated carbocycles. The summed E-state index contributed by atoms with van der Waals surface area (Å²) in [7, 11) is 1.61. The Balaban J connectivity index is 1.71. The van der Waals surface area contributed by atoms with E-state index in [1.807, 2.05) is 63.2 Å². The lowest BCUT2D eigenvalue weighted by atomic mass is 10.1. The quantitative estimate of drug-likeness (QED) is 0.657. The topological polar surface area (TPSA) is 81.9 Å². The normalized spacial score (nSPS) is 11.9. The third-order valence-electron chi connectivity index (χ3n) is 4.05. The third kappa shape index (κ3) is 4.46. The first-order valence-electron chi connectivity index (χ1n) is 8.45. The van der Waals surface area contributed by atoms with Crippen molar-refractivity contribution in [1.82, 2.24) is 20.2 Å². The lowest BCUT2D eigenvalue weighted by Gasteiger charge is -2.13. The summed E-state index contributed by atoms with van der Waals surface area (Å²) in [5, 5.41) is 15.0. The van der Waals surface area contributed by atoms with E-state index in [2.05, 4.69) is 20.8 Å². The average Bonchev–Trinajstić information content (AvgIpc) is 3.12. The van der Waals surface area contributed by atoms with E-state index in [0.29, 0.717) is 5.16 Å². The van der Waals surface area contributed by atoms with Gasteiger partial charge in [0.05, 0.1) is 18.0 Å². The van der Waals surface area contributed by atoms with Crippen LogP contribution in [-0.4, -0.2) is 38.5 Å². The largest absolute Gasteiger partial charge is 0.497 e. The number of methoxy groups -OCH3 is 1. The lowest BCUT2D eigenvalue weighted by Crippen LogP contribution is -2.23. The number of aromatic nitrogens is 4. The number of benzene rings is 2. The summed E-state index contributed by atoms with van der Waals surface area (Å²) >= 11 is 1.30. The van der Waals surface area contributed by atoms with Crippen LogP contribution in [0.3, 0.4) is 0 Å². The number of aryl methyl sites for hydroxylation is 2. The summed E-state index contributed by atoms with van der Waals surface area (Å²) in [6, 6.07) is 13.3. The van der Waals surface area contributed by atoms with E-state index in [1.54, 1.807) is 11.8 Å². The summed E-state index contributed by atoms with van der Waals surface area (Å²) in [5.41, 5.74) is 3.80. The molecule has 3 rings (SSSR count). The van der Waals surface area contributed by atoms with E-state index in [0.717, 1.165) is 28.3 Å². The van der Waals surface area contributed by atoms with Crippen LogP contribution in [0.25, 0.3) is 5.69 Å². The van der Waals surface area contributed by atoms with Crippen LogP contribution in [0, 0.1) is 13.8 Å². The lowest BCUT2D eigenvalue weighted by molar-refractivity contribution is -0.115. The fraction of sp³-hybridized carbons (Fsp3) is 0.263. The molecular formula is C19H21N5O2S. The number of thioether (sulfide) groups is 1. The molecule has 140 valence electrons. The van der Waals surface area contributed by atoms with E-state index >= 15 is 0 Å². The number of carbonyl (C=O) groups is 1. The Labute approximate surface area is 162 Å². The minimum Gasteiger partial charge on any atom is -0.497 e. The van der Waals surface area contributed by atoms with Crippen molar-refractivity contribution in [2.75, 3.05) is 12.4 Å².